The molecule has 1 aromatic carbocycles. The molecule has 1 heterocycles. The molecule has 106 valence electrons. The maximum Gasteiger partial charge on any atom is 0.185 e. The molecule has 0 bridgehead atoms. The van der Waals surface area contributed by atoms with Crippen molar-refractivity contribution in [3.8, 4) is 0 Å². The largest absolute Gasteiger partial charge is 0.380 e. The predicted molar refractivity (Wildman–Crippen MR) is 75.1 cm³/mol. The number of hydrogen-bond donors (Lipinski definition) is 1. The molecule has 0 amide bonds. The Morgan fingerprint density at radius 3 is 2.63 bits per heavy atom. The number of sulfone groups is 1. The van der Waals surface area contributed by atoms with Gasteiger partial charge in [-0.1, -0.05) is 24.6 Å². The van der Waals surface area contributed by atoms with Crippen molar-refractivity contribution in [2.75, 3.05) is 19.8 Å². The Morgan fingerprint density at radius 1 is 1.32 bits per heavy atom. The second-order valence-corrected chi connectivity index (χ2v) is 7.09. The van der Waals surface area contributed by atoms with Gasteiger partial charge in [-0.3, -0.25) is 0 Å². The average Bonchev–Trinajstić information content (AvgIpc) is 2.40. The van der Waals surface area contributed by atoms with Crippen molar-refractivity contribution in [3.05, 3.63) is 29.8 Å². The lowest BCUT2D eigenvalue weighted by molar-refractivity contribution is 0.0812. The molecule has 2 unspecified atom stereocenters. The highest BCUT2D eigenvalue weighted by Crippen LogP contribution is 2.23. The quantitative estimate of drug-likeness (QED) is 0.910. The monoisotopic (exact) mass is 283 g/mol. The van der Waals surface area contributed by atoms with Crippen molar-refractivity contribution < 1.29 is 13.2 Å². The summed E-state index contributed by atoms with van der Waals surface area (Å²) in [6, 6.07) is 7.01. The summed E-state index contributed by atoms with van der Waals surface area (Å²) in [7, 11) is -3.34. The van der Waals surface area contributed by atoms with Gasteiger partial charge in [0.1, 0.15) is 5.25 Å². The number of rotatable bonds is 4. The van der Waals surface area contributed by atoms with E-state index in [1.54, 1.807) is 12.1 Å². The Balaban J connectivity index is 2.28. The molecule has 1 fully saturated rings. The van der Waals surface area contributed by atoms with Gasteiger partial charge in [0.2, 0.25) is 0 Å². The second kappa shape index (κ2) is 6.03. The minimum atomic E-state index is -3.34. The van der Waals surface area contributed by atoms with Crippen molar-refractivity contribution >= 4 is 9.84 Å². The van der Waals surface area contributed by atoms with Crippen LogP contribution in [0.2, 0.25) is 0 Å². The summed E-state index contributed by atoms with van der Waals surface area (Å²) >= 11 is 0. The van der Waals surface area contributed by atoms with E-state index < -0.39 is 15.1 Å². The van der Waals surface area contributed by atoms with E-state index in [0.29, 0.717) is 11.5 Å². The first-order chi connectivity index (χ1) is 9.05. The van der Waals surface area contributed by atoms with Crippen molar-refractivity contribution in [2.45, 2.75) is 36.5 Å². The normalized spacial score (nSPS) is 24.3. The molecule has 5 heteroatoms. The molecular formula is C14H21NO3S. The van der Waals surface area contributed by atoms with Crippen LogP contribution in [0.3, 0.4) is 0 Å². The Bertz CT molecular complexity index is 508. The zero-order chi connectivity index (χ0) is 13.9. The molecule has 0 aliphatic carbocycles. The van der Waals surface area contributed by atoms with Gasteiger partial charge >= 0.3 is 0 Å². The molecule has 1 aliphatic heterocycles. The number of ether oxygens (including phenoxy) is 1. The molecular weight excluding hydrogens is 262 g/mol. The van der Waals surface area contributed by atoms with E-state index >= 15 is 0 Å². The number of hydrogen-bond acceptors (Lipinski definition) is 4. The molecule has 0 spiro atoms. The number of benzene rings is 1. The Kier molecular flexibility index (Phi) is 4.60. The number of aryl methyl sites for hydroxylation is 1. The Morgan fingerprint density at radius 2 is 2.00 bits per heavy atom. The fourth-order valence-electron chi connectivity index (χ4n) is 2.42. The van der Waals surface area contributed by atoms with E-state index in [9.17, 15) is 8.42 Å². The summed E-state index contributed by atoms with van der Waals surface area (Å²) in [5.74, 6) is 0. The summed E-state index contributed by atoms with van der Waals surface area (Å²) in [6.45, 7) is 5.60. The lowest BCUT2D eigenvalue weighted by Gasteiger charge is -2.31. The van der Waals surface area contributed by atoms with Crippen molar-refractivity contribution in [2.24, 2.45) is 0 Å². The van der Waals surface area contributed by atoms with Crippen molar-refractivity contribution in [1.82, 2.24) is 5.32 Å². The first-order valence-electron chi connectivity index (χ1n) is 6.67. The molecule has 0 aromatic heterocycles. The fourth-order valence-corrected chi connectivity index (χ4v) is 4.22. The summed E-state index contributed by atoms with van der Waals surface area (Å²) in [5.41, 5.74) is 1.06. The summed E-state index contributed by atoms with van der Waals surface area (Å²) < 4.78 is 30.7. The van der Waals surface area contributed by atoms with Gasteiger partial charge in [-0.15, -0.1) is 0 Å². The SMILES string of the molecule is CCNC1CCOCC1S(=O)(=O)c1ccc(C)cc1. The second-order valence-electron chi connectivity index (χ2n) is 4.92. The first kappa shape index (κ1) is 14.5. The molecule has 1 N–H and O–H groups in total. The third kappa shape index (κ3) is 3.16. The van der Waals surface area contributed by atoms with Gasteiger partial charge in [-0.05, 0) is 32.0 Å². The topological polar surface area (TPSA) is 55.4 Å². The lowest BCUT2D eigenvalue weighted by Crippen LogP contribution is -2.50. The average molecular weight is 283 g/mol. The highest BCUT2D eigenvalue weighted by Gasteiger charge is 2.36. The third-order valence-electron chi connectivity index (χ3n) is 3.52. The van der Waals surface area contributed by atoms with Crippen LogP contribution >= 0.6 is 0 Å². The van der Waals surface area contributed by atoms with Gasteiger partial charge in [-0.2, -0.15) is 0 Å². The minimum Gasteiger partial charge on any atom is -0.380 e. The minimum absolute atomic E-state index is 0.0231. The van der Waals surface area contributed by atoms with E-state index in [4.69, 9.17) is 4.74 Å². The molecule has 2 atom stereocenters. The van der Waals surface area contributed by atoms with E-state index in [1.807, 2.05) is 26.0 Å². The van der Waals surface area contributed by atoms with Crippen LogP contribution in [0, 0.1) is 6.92 Å². The summed E-state index contributed by atoms with van der Waals surface area (Å²) in [5, 5.41) is 2.77. The van der Waals surface area contributed by atoms with E-state index in [0.717, 1.165) is 18.5 Å². The lowest BCUT2D eigenvalue weighted by atomic mass is 10.1. The van der Waals surface area contributed by atoms with Crippen molar-refractivity contribution in [1.29, 1.82) is 0 Å². The van der Waals surface area contributed by atoms with Crippen LogP contribution in [-0.4, -0.2) is 39.5 Å². The van der Waals surface area contributed by atoms with Gasteiger partial charge < -0.3 is 10.1 Å². The van der Waals surface area contributed by atoms with Crippen LogP contribution in [0.5, 0.6) is 0 Å². The van der Waals surface area contributed by atoms with Gasteiger partial charge in [0, 0.05) is 12.6 Å². The Labute approximate surface area is 115 Å². The maximum atomic E-state index is 12.7. The summed E-state index contributed by atoms with van der Waals surface area (Å²) in [6.07, 6.45) is 0.740. The Hall–Kier alpha value is -0.910. The van der Waals surface area contributed by atoms with Gasteiger partial charge in [0.05, 0.1) is 11.5 Å². The van der Waals surface area contributed by atoms with Gasteiger partial charge in [0.25, 0.3) is 0 Å². The molecule has 4 nitrogen and oxygen atoms in total. The third-order valence-corrected chi connectivity index (χ3v) is 5.71. The molecule has 1 aromatic rings. The maximum absolute atomic E-state index is 12.7. The summed E-state index contributed by atoms with van der Waals surface area (Å²) in [4.78, 5) is 0.386. The standard InChI is InChI=1S/C14H21NO3S/c1-3-15-13-8-9-18-10-14(13)19(16,17)12-6-4-11(2)5-7-12/h4-7,13-15H,3,8-10H2,1-2H3. The van der Waals surface area contributed by atoms with E-state index in [2.05, 4.69) is 5.32 Å². The zero-order valence-corrected chi connectivity index (χ0v) is 12.2. The fraction of sp³-hybridized carbons (Fsp3) is 0.571. The highest BCUT2D eigenvalue weighted by molar-refractivity contribution is 7.92. The smallest absolute Gasteiger partial charge is 0.185 e. The molecule has 0 saturated carbocycles. The van der Waals surface area contributed by atoms with Gasteiger partial charge in [0.15, 0.2) is 9.84 Å². The van der Waals surface area contributed by atoms with E-state index in [-0.39, 0.29) is 12.6 Å². The molecule has 1 saturated heterocycles. The zero-order valence-electron chi connectivity index (χ0n) is 11.4. The van der Waals surface area contributed by atoms with Crippen LogP contribution in [0.25, 0.3) is 0 Å². The highest BCUT2D eigenvalue weighted by atomic mass is 32.2. The van der Waals surface area contributed by atoms with Crippen LogP contribution in [-0.2, 0) is 14.6 Å². The van der Waals surface area contributed by atoms with Crippen LogP contribution < -0.4 is 5.32 Å². The van der Waals surface area contributed by atoms with Gasteiger partial charge in [-0.25, -0.2) is 8.42 Å². The number of nitrogens with one attached hydrogen (secondary N) is 1. The molecule has 19 heavy (non-hydrogen) atoms. The molecule has 2 rings (SSSR count). The van der Waals surface area contributed by atoms with Crippen molar-refractivity contribution in [3.63, 3.8) is 0 Å². The van der Waals surface area contributed by atoms with Crippen LogP contribution in [0.15, 0.2) is 29.2 Å². The molecule has 1 aliphatic rings. The predicted octanol–water partition coefficient (Wildman–Crippen LogP) is 1.54. The molecule has 0 radical (unpaired) electrons. The van der Waals surface area contributed by atoms with Crippen LogP contribution in [0.1, 0.15) is 18.9 Å². The van der Waals surface area contributed by atoms with E-state index in [1.165, 1.54) is 0 Å². The van der Waals surface area contributed by atoms with Crippen LogP contribution in [0.4, 0.5) is 0 Å². The first-order valence-corrected chi connectivity index (χ1v) is 8.22.